The molecule has 0 N–H and O–H groups in total. The Hall–Kier alpha value is -8.21. The zero-order chi connectivity index (χ0) is 41.7. The minimum absolute atomic E-state index is 0.628. The molecule has 0 saturated carbocycles. The summed E-state index contributed by atoms with van der Waals surface area (Å²) < 4.78 is 2.34. The van der Waals surface area contributed by atoms with Crippen LogP contribution < -0.4 is 0 Å². The normalized spacial score (nSPS) is 12.0. The van der Waals surface area contributed by atoms with Crippen molar-refractivity contribution in [2.24, 2.45) is 0 Å². The number of rotatable bonds is 5. The lowest BCUT2D eigenvalue weighted by molar-refractivity contribution is 1.07. The average Bonchev–Trinajstić information content (AvgIpc) is 3.70. The fraction of sp³-hybridized carbons (Fsp3) is 0.0339. The van der Waals surface area contributed by atoms with Crippen molar-refractivity contribution in [3.05, 3.63) is 241 Å². The van der Waals surface area contributed by atoms with Crippen molar-refractivity contribution < 1.29 is 0 Å². The van der Waals surface area contributed by atoms with E-state index >= 15 is 0 Å². The van der Waals surface area contributed by atoms with E-state index in [1.807, 2.05) is 18.2 Å². The maximum absolute atomic E-state index is 5.27. The molecule has 2 aromatic heterocycles. The molecule has 0 radical (unpaired) electrons. The Bertz CT molecular complexity index is 3500. The Morgan fingerprint density at radius 1 is 0.302 bits per heavy atom. The molecule has 0 atom stereocenters. The summed E-state index contributed by atoms with van der Waals surface area (Å²) in [5.74, 6) is 1.89. The first-order valence-electron chi connectivity index (χ1n) is 21.6. The minimum Gasteiger partial charge on any atom is -0.309 e. The van der Waals surface area contributed by atoms with Gasteiger partial charge in [0, 0.05) is 33.2 Å². The molecule has 9 aromatic carbocycles. The van der Waals surface area contributed by atoms with Crippen LogP contribution in [-0.4, -0.2) is 19.5 Å². The van der Waals surface area contributed by atoms with E-state index in [1.165, 1.54) is 55.5 Å². The van der Waals surface area contributed by atoms with Crippen molar-refractivity contribution in [1.29, 1.82) is 0 Å². The molecule has 296 valence electrons. The Labute approximate surface area is 366 Å². The van der Waals surface area contributed by atoms with E-state index in [-0.39, 0.29) is 0 Å². The van der Waals surface area contributed by atoms with Gasteiger partial charge >= 0.3 is 0 Å². The molecule has 0 bridgehead atoms. The zero-order valence-corrected chi connectivity index (χ0v) is 34.5. The molecule has 12 rings (SSSR count). The number of hydrogen-bond donors (Lipinski definition) is 0. The van der Waals surface area contributed by atoms with Crippen LogP contribution in [0.5, 0.6) is 0 Å². The van der Waals surface area contributed by atoms with Crippen LogP contribution >= 0.6 is 0 Å². The third-order valence-electron chi connectivity index (χ3n) is 12.6. The molecule has 4 heteroatoms. The van der Waals surface area contributed by atoms with Gasteiger partial charge in [0.15, 0.2) is 17.5 Å². The van der Waals surface area contributed by atoms with E-state index in [0.717, 1.165) is 57.2 Å². The van der Waals surface area contributed by atoms with Crippen LogP contribution in [0.1, 0.15) is 22.3 Å². The van der Waals surface area contributed by atoms with Gasteiger partial charge in [-0.2, -0.15) is 0 Å². The van der Waals surface area contributed by atoms with Gasteiger partial charge < -0.3 is 4.57 Å². The average molecular weight is 805 g/mol. The molecule has 0 fully saturated rings. The summed E-state index contributed by atoms with van der Waals surface area (Å²) in [5, 5.41) is 2.34. The molecule has 2 heterocycles. The van der Waals surface area contributed by atoms with Gasteiger partial charge in [-0.25, -0.2) is 15.0 Å². The highest BCUT2D eigenvalue weighted by atomic mass is 15.0. The second-order valence-corrected chi connectivity index (χ2v) is 16.3. The molecule has 0 unspecified atom stereocenters. The lowest BCUT2D eigenvalue weighted by atomic mass is 9.83. The molecule has 11 aromatic rings. The van der Waals surface area contributed by atoms with E-state index < -0.39 is 0 Å². The molecule has 4 nitrogen and oxygen atoms in total. The molecule has 0 aliphatic heterocycles. The zero-order valence-electron chi connectivity index (χ0n) is 34.5. The number of fused-ring (bicyclic) bond motifs is 9. The predicted octanol–water partition coefficient (Wildman–Crippen LogP) is 14.5. The molecule has 0 spiro atoms. The lowest BCUT2D eigenvalue weighted by Gasteiger charge is -2.21. The van der Waals surface area contributed by atoms with Crippen LogP contribution in [-0.2, 0) is 12.8 Å². The highest BCUT2D eigenvalue weighted by molar-refractivity contribution is 6.13. The molecule has 0 amide bonds. The van der Waals surface area contributed by atoms with Gasteiger partial charge in [-0.15, -0.1) is 0 Å². The topological polar surface area (TPSA) is 43.6 Å². The predicted molar refractivity (Wildman–Crippen MR) is 259 cm³/mol. The van der Waals surface area contributed by atoms with E-state index in [4.69, 9.17) is 15.0 Å². The second-order valence-electron chi connectivity index (χ2n) is 16.3. The van der Waals surface area contributed by atoms with Crippen molar-refractivity contribution in [2.45, 2.75) is 12.8 Å². The summed E-state index contributed by atoms with van der Waals surface area (Å²) >= 11 is 0. The van der Waals surface area contributed by atoms with Crippen molar-refractivity contribution in [3.63, 3.8) is 0 Å². The first kappa shape index (κ1) is 36.6. The van der Waals surface area contributed by atoms with Crippen LogP contribution in [0.2, 0.25) is 0 Å². The van der Waals surface area contributed by atoms with Crippen LogP contribution in [0.3, 0.4) is 0 Å². The first-order chi connectivity index (χ1) is 31.2. The van der Waals surface area contributed by atoms with Gasteiger partial charge in [-0.05, 0) is 92.7 Å². The Kier molecular flexibility index (Phi) is 8.93. The fourth-order valence-corrected chi connectivity index (χ4v) is 9.60. The number of hydrogen-bond acceptors (Lipinski definition) is 3. The standard InChI is InChI=1S/C59H40N4/c1-3-16-40(17-4-1)57-60-58(62-59(61-57)54-28-15-27-53-52-26-13-14-29-55(52)63(56(53)54)47-21-5-2-6-22-47)41-32-30-39(31-33-41)42-34-35-51-46(36-42)38-45-20-9-11-24-49(45)48-23-10-7-18-43(48)37-44-19-8-12-25-50(44)51/h1-36H,37-38H2. The maximum atomic E-state index is 5.27. The third kappa shape index (κ3) is 6.52. The summed E-state index contributed by atoms with van der Waals surface area (Å²) in [7, 11) is 0. The molecule has 0 saturated heterocycles. The lowest BCUT2D eigenvalue weighted by Crippen LogP contribution is -2.03. The van der Waals surface area contributed by atoms with Gasteiger partial charge in [-0.1, -0.05) is 194 Å². The third-order valence-corrected chi connectivity index (χ3v) is 12.6. The summed E-state index contributed by atoms with van der Waals surface area (Å²) in [6.45, 7) is 0. The smallest absolute Gasteiger partial charge is 0.166 e. The SMILES string of the molecule is c1ccc(-c2nc(-c3ccc(-c4ccc5c(c4)Cc4ccccc4-c4ccccc4Cc4ccccc4-5)cc3)nc(-c3cccc4c5ccccc5n(-c5ccccc5)c34)n2)cc1. The van der Waals surface area contributed by atoms with Gasteiger partial charge in [0.25, 0.3) is 0 Å². The Balaban J connectivity index is 0.978. The minimum atomic E-state index is 0.628. The van der Waals surface area contributed by atoms with Crippen molar-refractivity contribution in [3.8, 4) is 73.2 Å². The number of aromatic nitrogens is 4. The first-order valence-corrected chi connectivity index (χ1v) is 21.6. The Morgan fingerprint density at radius 2 is 0.762 bits per heavy atom. The van der Waals surface area contributed by atoms with Gasteiger partial charge in [0.2, 0.25) is 0 Å². The van der Waals surface area contributed by atoms with Gasteiger partial charge in [0.05, 0.1) is 11.0 Å². The van der Waals surface area contributed by atoms with Crippen LogP contribution in [0, 0.1) is 0 Å². The second kappa shape index (κ2) is 15.4. The monoisotopic (exact) mass is 804 g/mol. The van der Waals surface area contributed by atoms with E-state index in [1.54, 1.807) is 0 Å². The summed E-state index contributed by atoms with van der Waals surface area (Å²) in [5.41, 5.74) is 18.9. The fourth-order valence-electron chi connectivity index (χ4n) is 9.60. The number of nitrogens with zero attached hydrogens (tertiary/aromatic N) is 4. The van der Waals surface area contributed by atoms with E-state index in [0.29, 0.717) is 17.5 Å². The maximum Gasteiger partial charge on any atom is 0.166 e. The Morgan fingerprint density at radius 3 is 1.43 bits per heavy atom. The van der Waals surface area contributed by atoms with Crippen molar-refractivity contribution in [2.75, 3.05) is 0 Å². The number of benzene rings is 9. The van der Waals surface area contributed by atoms with Gasteiger partial charge in [-0.3, -0.25) is 0 Å². The van der Waals surface area contributed by atoms with E-state index in [9.17, 15) is 0 Å². The molecule has 1 aliphatic rings. The van der Waals surface area contributed by atoms with E-state index in [2.05, 4.69) is 205 Å². The van der Waals surface area contributed by atoms with Crippen LogP contribution in [0.15, 0.2) is 218 Å². The summed E-state index contributed by atoms with van der Waals surface area (Å²) in [6, 6.07) is 78.2. The van der Waals surface area contributed by atoms with Crippen molar-refractivity contribution >= 4 is 21.8 Å². The quantitative estimate of drug-likeness (QED) is 0.174. The van der Waals surface area contributed by atoms with Crippen LogP contribution in [0.4, 0.5) is 0 Å². The highest BCUT2D eigenvalue weighted by Crippen LogP contribution is 2.40. The molecule has 1 aliphatic carbocycles. The summed E-state index contributed by atoms with van der Waals surface area (Å²) in [4.78, 5) is 15.6. The van der Waals surface area contributed by atoms with Crippen LogP contribution in [0.25, 0.3) is 95.0 Å². The summed E-state index contributed by atoms with van der Waals surface area (Å²) in [6.07, 6.45) is 1.70. The largest absolute Gasteiger partial charge is 0.309 e. The number of para-hydroxylation sites is 3. The van der Waals surface area contributed by atoms with Crippen molar-refractivity contribution in [1.82, 2.24) is 19.5 Å². The van der Waals surface area contributed by atoms with Gasteiger partial charge in [0.1, 0.15) is 0 Å². The molecular weight excluding hydrogens is 765 g/mol. The molecular formula is C59H40N4. The highest BCUT2D eigenvalue weighted by Gasteiger charge is 2.21. The molecule has 63 heavy (non-hydrogen) atoms.